The predicted molar refractivity (Wildman–Crippen MR) is 78.7 cm³/mol. The van der Waals surface area contributed by atoms with Crippen LogP contribution < -0.4 is 0 Å². The zero-order valence-corrected chi connectivity index (χ0v) is 11.2. The van der Waals surface area contributed by atoms with Crippen LogP contribution in [0.1, 0.15) is 5.76 Å². The zero-order chi connectivity index (χ0) is 13.7. The molecule has 0 atom stereocenters. The highest BCUT2D eigenvalue weighted by atomic mass is 32.2. The molecule has 0 aliphatic carbocycles. The molecule has 0 fully saturated rings. The molecule has 0 bridgehead atoms. The van der Waals surface area contributed by atoms with E-state index in [9.17, 15) is 4.79 Å². The standard InChI is InChI=1S/C14H14N2O2S/c1-3-7-16-13(17)12(10-11-6-5-8-18-11)15-14(16)19-9-4-2/h3-6,8,10H,1-2,7,9H2/b12-10-. The summed E-state index contributed by atoms with van der Waals surface area (Å²) in [6.07, 6.45) is 6.65. The summed E-state index contributed by atoms with van der Waals surface area (Å²) in [6.45, 7) is 7.76. The second kappa shape index (κ2) is 6.24. The maximum absolute atomic E-state index is 12.2. The third kappa shape index (κ3) is 3.06. The van der Waals surface area contributed by atoms with Crippen molar-refractivity contribution in [3.63, 3.8) is 0 Å². The van der Waals surface area contributed by atoms with Gasteiger partial charge in [0.15, 0.2) is 5.17 Å². The van der Waals surface area contributed by atoms with Gasteiger partial charge >= 0.3 is 0 Å². The number of carbonyl (C=O) groups is 1. The van der Waals surface area contributed by atoms with E-state index in [1.807, 2.05) is 0 Å². The van der Waals surface area contributed by atoms with E-state index in [1.165, 1.54) is 11.8 Å². The van der Waals surface area contributed by atoms with Crippen molar-refractivity contribution < 1.29 is 9.21 Å². The van der Waals surface area contributed by atoms with Gasteiger partial charge in [-0.2, -0.15) is 0 Å². The number of nitrogens with zero attached hydrogens (tertiary/aromatic N) is 2. The number of amides is 1. The molecule has 1 aliphatic heterocycles. The Morgan fingerprint density at radius 3 is 2.89 bits per heavy atom. The van der Waals surface area contributed by atoms with Gasteiger partial charge in [0.1, 0.15) is 11.5 Å². The lowest BCUT2D eigenvalue weighted by Gasteiger charge is -2.14. The van der Waals surface area contributed by atoms with Crippen molar-refractivity contribution in [3.8, 4) is 0 Å². The first-order valence-electron chi connectivity index (χ1n) is 5.76. The summed E-state index contributed by atoms with van der Waals surface area (Å²) in [6, 6.07) is 3.55. The maximum atomic E-state index is 12.2. The molecule has 0 unspecified atom stereocenters. The number of aliphatic imine (C=N–C) groups is 1. The van der Waals surface area contributed by atoms with Crippen LogP contribution in [0.25, 0.3) is 6.08 Å². The first-order valence-corrected chi connectivity index (χ1v) is 6.75. The molecule has 19 heavy (non-hydrogen) atoms. The van der Waals surface area contributed by atoms with Gasteiger partial charge in [-0.1, -0.05) is 23.9 Å². The number of thioether (sulfide) groups is 1. The largest absolute Gasteiger partial charge is 0.465 e. The lowest BCUT2D eigenvalue weighted by Crippen LogP contribution is -2.30. The average Bonchev–Trinajstić information content (AvgIpc) is 3.00. The van der Waals surface area contributed by atoms with Crippen LogP contribution in [0.2, 0.25) is 0 Å². The van der Waals surface area contributed by atoms with Crippen molar-refractivity contribution >= 4 is 28.9 Å². The Balaban J connectivity index is 2.25. The molecule has 1 aromatic rings. The number of carbonyl (C=O) groups excluding carboxylic acids is 1. The second-order valence-corrected chi connectivity index (χ2v) is 4.73. The van der Waals surface area contributed by atoms with Gasteiger partial charge in [0, 0.05) is 18.4 Å². The minimum atomic E-state index is -0.136. The maximum Gasteiger partial charge on any atom is 0.278 e. The van der Waals surface area contributed by atoms with Gasteiger partial charge in [-0.3, -0.25) is 9.69 Å². The molecule has 0 radical (unpaired) electrons. The molecule has 2 rings (SSSR count). The van der Waals surface area contributed by atoms with Crippen LogP contribution in [0.4, 0.5) is 0 Å². The fraction of sp³-hybridized carbons (Fsp3) is 0.143. The molecular weight excluding hydrogens is 260 g/mol. The fourth-order valence-corrected chi connectivity index (χ4v) is 2.32. The van der Waals surface area contributed by atoms with Gasteiger partial charge < -0.3 is 4.42 Å². The van der Waals surface area contributed by atoms with Crippen LogP contribution in [0, 0.1) is 0 Å². The van der Waals surface area contributed by atoms with E-state index in [0.29, 0.717) is 28.9 Å². The van der Waals surface area contributed by atoms with Crippen LogP contribution in [-0.4, -0.2) is 28.3 Å². The minimum absolute atomic E-state index is 0.136. The van der Waals surface area contributed by atoms with Crippen molar-refractivity contribution in [2.24, 2.45) is 4.99 Å². The van der Waals surface area contributed by atoms with Crippen molar-refractivity contribution in [2.75, 3.05) is 12.3 Å². The van der Waals surface area contributed by atoms with Crippen LogP contribution in [0.5, 0.6) is 0 Å². The molecule has 1 aliphatic rings. The minimum Gasteiger partial charge on any atom is -0.465 e. The topological polar surface area (TPSA) is 45.8 Å². The summed E-state index contributed by atoms with van der Waals surface area (Å²) in [7, 11) is 0. The Kier molecular flexibility index (Phi) is 4.41. The number of hydrogen-bond donors (Lipinski definition) is 0. The fourth-order valence-electron chi connectivity index (χ4n) is 1.57. The van der Waals surface area contributed by atoms with Crippen LogP contribution in [-0.2, 0) is 4.79 Å². The van der Waals surface area contributed by atoms with E-state index in [4.69, 9.17) is 4.42 Å². The summed E-state index contributed by atoms with van der Waals surface area (Å²) in [4.78, 5) is 18.1. The van der Waals surface area contributed by atoms with Gasteiger partial charge in [0.25, 0.3) is 5.91 Å². The predicted octanol–water partition coefficient (Wildman–Crippen LogP) is 2.92. The third-order valence-electron chi connectivity index (χ3n) is 2.38. The van der Waals surface area contributed by atoms with Gasteiger partial charge in [-0.25, -0.2) is 4.99 Å². The van der Waals surface area contributed by atoms with Crippen LogP contribution in [0.3, 0.4) is 0 Å². The molecule has 0 aromatic carbocycles. The monoisotopic (exact) mass is 274 g/mol. The van der Waals surface area contributed by atoms with Crippen LogP contribution >= 0.6 is 11.8 Å². The molecule has 0 saturated carbocycles. The number of furan rings is 1. The molecule has 5 heteroatoms. The smallest absolute Gasteiger partial charge is 0.278 e. The highest BCUT2D eigenvalue weighted by Crippen LogP contribution is 2.23. The summed E-state index contributed by atoms with van der Waals surface area (Å²) < 4.78 is 5.20. The Morgan fingerprint density at radius 1 is 1.42 bits per heavy atom. The highest BCUT2D eigenvalue weighted by Gasteiger charge is 2.29. The number of hydrogen-bond acceptors (Lipinski definition) is 4. The molecule has 0 spiro atoms. The van der Waals surface area contributed by atoms with E-state index < -0.39 is 0 Å². The zero-order valence-electron chi connectivity index (χ0n) is 10.4. The summed E-state index contributed by atoms with van der Waals surface area (Å²) >= 11 is 1.47. The van der Waals surface area contributed by atoms with Crippen molar-refractivity contribution in [1.82, 2.24) is 4.90 Å². The molecule has 2 heterocycles. The molecule has 1 aromatic heterocycles. The number of amidine groups is 1. The molecule has 1 amide bonds. The Hall–Kier alpha value is -2.01. The quantitative estimate of drug-likeness (QED) is 0.612. The van der Waals surface area contributed by atoms with Crippen molar-refractivity contribution in [3.05, 3.63) is 55.2 Å². The lowest BCUT2D eigenvalue weighted by molar-refractivity contribution is -0.122. The second-order valence-electron chi connectivity index (χ2n) is 3.74. The lowest BCUT2D eigenvalue weighted by atomic mass is 10.3. The van der Waals surface area contributed by atoms with E-state index in [-0.39, 0.29) is 5.91 Å². The SMILES string of the molecule is C=CCSC1=N/C(=C\c2ccco2)C(=O)N1CC=C. The van der Waals surface area contributed by atoms with Crippen molar-refractivity contribution in [2.45, 2.75) is 0 Å². The molecular formula is C14H14N2O2S. The first kappa shape index (κ1) is 13.4. The first-order chi connectivity index (χ1) is 9.26. The third-order valence-corrected chi connectivity index (χ3v) is 3.35. The van der Waals surface area contributed by atoms with Crippen LogP contribution in [0.15, 0.2) is 58.8 Å². The van der Waals surface area contributed by atoms with Gasteiger partial charge in [0.05, 0.1) is 6.26 Å². The summed E-state index contributed by atoms with van der Waals surface area (Å²) in [5.41, 5.74) is 0.378. The molecule has 0 N–H and O–H groups in total. The summed E-state index contributed by atoms with van der Waals surface area (Å²) in [5.74, 6) is 1.18. The Morgan fingerprint density at radius 2 is 2.26 bits per heavy atom. The van der Waals surface area contributed by atoms with E-state index in [2.05, 4.69) is 18.2 Å². The van der Waals surface area contributed by atoms with E-state index in [1.54, 1.807) is 41.5 Å². The normalized spacial score (nSPS) is 16.8. The van der Waals surface area contributed by atoms with Gasteiger partial charge in [-0.05, 0) is 12.1 Å². The van der Waals surface area contributed by atoms with Crippen molar-refractivity contribution in [1.29, 1.82) is 0 Å². The number of rotatable bonds is 5. The van der Waals surface area contributed by atoms with E-state index in [0.717, 1.165) is 0 Å². The molecule has 0 saturated heterocycles. The Bertz CT molecular complexity index is 544. The summed E-state index contributed by atoms with van der Waals surface area (Å²) in [5, 5.41) is 0.669. The van der Waals surface area contributed by atoms with Gasteiger partial charge in [0.2, 0.25) is 0 Å². The average molecular weight is 274 g/mol. The van der Waals surface area contributed by atoms with E-state index >= 15 is 0 Å². The molecule has 98 valence electrons. The Labute approximate surface area is 116 Å². The highest BCUT2D eigenvalue weighted by molar-refractivity contribution is 8.14. The van der Waals surface area contributed by atoms with Gasteiger partial charge in [-0.15, -0.1) is 13.2 Å². The molecule has 4 nitrogen and oxygen atoms in total.